The largest absolute Gasteiger partial charge is 0.507 e. The number of likely N-dealkylation sites (tertiary alicyclic amines) is 1. The fourth-order valence-electron chi connectivity index (χ4n) is 3.90. The van der Waals surface area contributed by atoms with Crippen molar-refractivity contribution >= 4 is 0 Å². The number of rotatable bonds is 6. The minimum atomic E-state index is -0.470. The summed E-state index contributed by atoms with van der Waals surface area (Å²) in [6.45, 7) is 4.22. The Bertz CT molecular complexity index is 844. The number of nitrogens with zero attached hydrogens (tertiary/aromatic N) is 2. The second-order valence-electron chi connectivity index (χ2n) is 7.09. The normalized spacial score (nSPS) is 16.4. The Hall–Kier alpha value is -2.18. The van der Waals surface area contributed by atoms with Crippen LogP contribution in [0.5, 0.6) is 5.75 Å². The molecule has 6 heteroatoms. The predicted molar refractivity (Wildman–Crippen MR) is 103 cm³/mol. The highest BCUT2D eigenvalue weighted by atomic mass is 19.1. The van der Waals surface area contributed by atoms with E-state index >= 15 is 0 Å². The number of piperidine rings is 1. The summed E-state index contributed by atoms with van der Waals surface area (Å²) >= 11 is 0. The number of pyridine rings is 1. The lowest BCUT2D eigenvalue weighted by atomic mass is 9.94. The zero-order chi connectivity index (χ0) is 19.4. The quantitative estimate of drug-likeness (QED) is 0.844. The third kappa shape index (κ3) is 4.22. The van der Waals surface area contributed by atoms with Crippen molar-refractivity contribution in [3.63, 3.8) is 0 Å². The Balaban J connectivity index is 2.15. The van der Waals surface area contributed by atoms with Gasteiger partial charge in [-0.15, -0.1) is 0 Å². The maximum absolute atomic E-state index is 13.9. The molecule has 2 aromatic rings. The van der Waals surface area contributed by atoms with Gasteiger partial charge >= 0.3 is 0 Å². The monoisotopic (exact) mass is 374 g/mol. The number of hydrogen-bond donors (Lipinski definition) is 1. The Morgan fingerprint density at radius 1 is 1.22 bits per heavy atom. The van der Waals surface area contributed by atoms with Crippen LogP contribution in [0.15, 0.2) is 35.1 Å². The summed E-state index contributed by atoms with van der Waals surface area (Å²) in [4.78, 5) is 15.5. The van der Waals surface area contributed by atoms with Crippen LogP contribution >= 0.6 is 0 Å². The van der Waals surface area contributed by atoms with Crippen LogP contribution in [0.1, 0.15) is 42.1 Å². The van der Waals surface area contributed by atoms with Crippen molar-refractivity contribution in [2.24, 2.45) is 0 Å². The number of benzene rings is 1. The first-order valence-corrected chi connectivity index (χ1v) is 9.44. The minimum Gasteiger partial charge on any atom is -0.507 e. The Labute approximate surface area is 159 Å². The summed E-state index contributed by atoms with van der Waals surface area (Å²) in [5, 5.41) is 10.7. The number of halogens is 1. The van der Waals surface area contributed by atoms with Gasteiger partial charge in [0, 0.05) is 19.3 Å². The van der Waals surface area contributed by atoms with E-state index in [4.69, 9.17) is 4.74 Å². The van der Waals surface area contributed by atoms with E-state index in [1.54, 1.807) is 30.7 Å². The second-order valence-corrected chi connectivity index (χ2v) is 7.09. The summed E-state index contributed by atoms with van der Waals surface area (Å²) in [5.41, 5.74) is 1.43. The molecular formula is C21H27FN2O3. The SMILES string of the molecule is COCCn1c(C)cc(O)c([C@H](c2cccc(F)c2)N2CCCCC2)c1=O. The molecule has 2 heterocycles. The van der Waals surface area contributed by atoms with Crippen molar-refractivity contribution < 1.29 is 14.2 Å². The topological polar surface area (TPSA) is 54.7 Å². The first-order valence-electron chi connectivity index (χ1n) is 9.44. The van der Waals surface area contributed by atoms with E-state index in [0.29, 0.717) is 30.0 Å². The van der Waals surface area contributed by atoms with Crippen LogP contribution in [0.25, 0.3) is 0 Å². The molecule has 1 fully saturated rings. The van der Waals surface area contributed by atoms with E-state index in [1.807, 2.05) is 6.07 Å². The lowest BCUT2D eigenvalue weighted by Gasteiger charge is -2.35. The third-order valence-corrected chi connectivity index (χ3v) is 5.24. The average Bonchev–Trinajstić information content (AvgIpc) is 2.65. The molecule has 1 aromatic heterocycles. The molecule has 0 aliphatic carbocycles. The summed E-state index contributed by atoms with van der Waals surface area (Å²) in [6, 6.07) is 7.46. The maximum atomic E-state index is 13.9. The standard InChI is InChI=1S/C21H27FN2O3/c1-15-13-18(25)19(21(26)24(15)11-12-27-2)20(23-9-4-3-5-10-23)16-7-6-8-17(22)14-16/h6-8,13-14,20,25H,3-5,9-12H2,1-2H3/t20-/m0/s1. The molecule has 0 saturated carbocycles. The highest BCUT2D eigenvalue weighted by Gasteiger charge is 2.30. The van der Waals surface area contributed by atoms with Gasteiger partial charge in [0.25, 0.3) is 5.56 Å². The second kappa shape index (κ2) is 8.67. The predicted octanol–water partition coefficient (Wildman–Crippen LogP) is 3.22. The fourth-order valence-corrected chi connectivity index (χ4v) is 3.90. The molecule has 27 heavy (non-hydrogen) atoms. The molecule has 1 saturated heterocycles. The van der Waals surface area contributed by atoms with Gasteiger partial charge in [0.05, 0.1) is 18.2 Å². The highest BCUT2D eigenvalue weighted by Crippen LogP contribution is 2.34. The van der Waals surface area contributed by atoms with Gasteiger partial charge in [-0.25, -0.2) is 4.39 Å². The minimum absolute atomic E-state index is 0.0361. The van der Waals surface area contributed by atoms with Crippen molar-refractivity contribution in [1.29, 1.82) is 0 Å². The lowest BCUT2D eigenvalue weighted by molar-refractivity contribution is 0.178. The molecular weight excluding hydrogens is 347 g/mol. The van der Waals surface area contributed by atoms with Crippen LogP contribution in [0.4, 0.5) is 4.39 Å². The van der Waals surface area contributed by atoms with Gasteiger partial charge in [-0.3, -0.25) is 9.69 Å². The Morgan fingerprint density at radius 3 is 2.63 bits per heavy atom. The van der Waals surface area contributed by atoms with Crippen LogP contribution in [-0.4, -0.2) is 41.4 Å². The molecule has 146 valence electrons. The van der Waals surface area contributed by atoms with Crippen LogP contribution in [0.2, 0.25) is 0 Å². The third-order valence-electron chi connectivity index (χ3n) is 5.24. The van der Waals surface area contributed by atoms with Crippen LogP contribution in [-0.2, 0) is 11.3 Å². The number of aromatic hydroxyl groups is 1. The molecule has 1 N–H and O–H groups in total. The van der Waals surface area contributed by atoms with Crippen LogP contribution in [0, 0.1) is 12.7 Å². The van der Waals surface area contributed by atoms with Crippen molar-refractivity contribution in [1.82, 2.24) is 9.47 Å². The highest BCUT2D eigenvalue weighted by molar-refractivity contribution is 5.41. The molecule has 0 radical (unpaired) electrons. The first kappa shape index (κ1) is 19.6. The van der Waals surface area contributed by atoms with E-state index in [-0.39, 0.29) is 17.1 Å². The molecule has 3 rings (SSSR count). The van der Waals surface area contributed by atoms with Crippen molar-refractivity contribution in [2.45, 2.75) is 38.8 Å². The van der Waals surface area contributed by atoms with Crippen LogP contribution < -0.4 is 5.56 Å². The summed E-state index contributed by atoms with van der Waals surface area (Å²) in [7, 11) is 1.59. The van der Waals surface area contributed by atoms with Gasteiger partial charge in [0.1, 0.15) is 11.6 Å². The zero-order valence-electron chi connectivity index (χ0n) is 15.9. The molecule has 1 aromatic carbocycles. The van der Waals surface area contributed by atoms with E-state index in [1.165, 1.54) is 12.1 Å². The molecule has 0 spiro atoms. The number of methoxy groups -OCH3 is 1. The van der Waals surface area contributed by atoms with Gasteiger partial charge in [0.2, 0.25) is 0 Å². The fraction of sp³-hybridized carbons (Fsp3) is 0.476. The molecule has 0 unspecified atom stereocenters. The van der Waals surface area contributed by atoms with Gasteiger partial charge < -0.3 is 14.4 Å². The van der Waals surface area contributed by atoms with E-state index in [0.717, 1.165) is 32.4 Å². The maximum Gasteiger partial charge on any atom is 0.259 e. The zero-order valence-corrected chi connectivity index (χ0v) is 15.9. The van der Waals surface area contributed by atoms with E-state index in [9.17, 15) is 14.3 Å². The van der Waals surface area contributed by atoms with Gasteiger partial charge in [-0.1, -0.05) is 18.6 Å². The smallest absolute Gasteiger partial charge is 0.259 e. The van der Waals surface area contributed by atoms with Gasteiger partial charge in [-0.2, -0.15) is 0 Å². The van der Waals surface area contributed by atoms with Crippen molar-refractivity contribution in [2.75, 3.05) is 26.8 Å². The van der Waals surface area contributed by atoms with E-state index in [2.05, 4.69) is 4.90 Å². The molecule has 1 aliphatic rings. The summed E-state index contributed by atoms with van der Waals surface area (Å²) < 4.78 is 20.7. The number of ether oxygens (including phenoxy) is 1. The molecule has 1 aliphatic heterocycles. The van der Waals surface area contributed by atoms with Crippen molar-refractivity contribution in [3.8, 4) is 5.75 Å². The lowest BCUT2D eigenvalue weighted by Crippen LogP contribution is -2.39. The summed E-state index contributed by atoms with van der Waals surface area (Å²) in [5.74, 6) is -0.383. The molecule has 0 bridgehead atoms. The Morgan fingerprint density at radius 2 is 1.96 bits per heavy atom. The number of aromatic nitrogens is 1. The van der Waals surface area contributed by atoms with E-state index < -0.39 is 6.04 Å². The van der Waals surface area contributed by atoms with Gasteiger partial charge in [0.15, 0.2) is 0 Å². The molecule has 0 amide bonds. The number of hydrogen-bond acceptors (Lipinski definition) is 4. The van der Waals surface area contributed by atoms with Crippen LogP contribution in [0.3, 0.4) is 0 Å². The number of aryl methyl sites for hydroxylation is 1. The summed E-state index contributed by atoms with van der Waals surface area (Å²) in [6.07, 6.45) is 3.19. The molecule has 1 atom stereocenters. The van der Waals surface area contributed by atoms with Gasteiger partial charge in [-0.05, 0) is 56.6 Å². The molecule has 5 nitrogen and oxygen atoms in total. The first-order chi connectivity index (χ1) is 13.0. The Kier molecular flexibility index (Phi) is 6.29. The van der Waals surface area contributed by atoms with Crippen molar-refractivity contribution in [3.05, 3.63) is 63.3 Å². The average molecular weight is 374 g/mol.